The topological polar surface area (TPSA) is 84.7 Å². The van der Waals surface area contributed by atoms with Crippen LogP contribution in [0.4, 0.5) is 4.39 Å². The van der Waals surface area contributed by atoms with Crippen molar-refractivity contribution in [1.29, 1.82) is 0 Å². The van der Waals surface area contributed by atoms with E-state index in [2.05, 4.69) is 16.0 Å². The fourth-order valence-electron chi connectivity index (χ4n) is 3.45. The van der Waals surface area contributed by atoms with Gasteiger partial charge in [-0.1, -0.05) is 35.5 Å². The molecule has 4 rings (SSSR count). The molecule has 150 valence electrons. The largest absolute Gasteiger partial charge is 0.369 e. The molecule has 29 heavy (non-hydrogen) atoms. The van der Waals surface area contributed by atoms with Gasteiger partial charge >= 0.3 is 0 Å². The maximum atomic E-state index is 14.8. The lowest BCUT2D eigenvalue weighted by molar-refractivity contribution is 0.435. The number of nitrogens with zero attached hydrogens (tertiary/aromatic N) is 3. The van der Waals surface area contributed by atoms with Gasteiger partial charge in [0.2, 0.25) is 5.96 Å². The molecular weight excluding hydrogens is 391 g/mol. The third-order valence-corrected chi connectivity index (χ3v) is 7.30. The van der Waals surface area contributed by atoms with Crippen LogP contribution >= 0.6 is 0 Å². The first-order valence-electron chi connectivity index (χ1n) is 8.96. The molecule has 2 N–H and O–H groups in total. The Balaban J connectivity index is 1.77. The van der Waals surface area contributed by atoms with Gasteiger partial charge in [0.05, 0.1) is 15.5 Å². The minimum atomic E-state index is -2.72. The molecule has 2 atom stereocenters. The maximum Gasteiger partial charge on any atom is 0.203 e. The average molecular weight is 412 g/mol. The molecule has 3 aromatic rings. The summed E-state index contributed by atoms with van der Waals surface area (Å²) in [5, 5.41) is 4.12. The lowest BCUT2D eigenvalue weighted by atomic mass is 9.92. The third kappa shape index (κ3) is 3.40. The van der Waals surface area contributed by atoms with E-state index in [1.165, 1.54) is 10.4 Å². The highest BCUT2D eigenvalue weighted by Crippen LogP contribution is 2.36. The number of halogens is 1. The van der Waals surface area contributed by atoms with Crippen molar-refractivity contribution in [3.8, 4) is 22.6 Å². The van der Waals surface area contributed by atoms with Crippen molar-refractivity contribution in [3.63, 3.8) is 0 Å². The molecule has 0 bridgehead atoms. The molecular formula is C21H21FN4O2S. The predicted octanol–water partition coefficient (Wildman–Crippen LogP) is 3.25. The fourth-order valence-corrected chi connectivity index (χ4v) is 5.12. The van der Waals surface area contributed by atoms with Gasteiger partial charge in [-0.15, -0.1) is 0 Å². The second-order valence-corrected chi connectivity index (χ2v) is 9.68. The summed E-state index contributed by atoms with van der Waals surface area (Å²) in [5.74, 6) is 4.04. The van der Waals surface area contributed by atoms with Crippen LogP contribution < -0.4 is 5.73 Å². The van der Waals surface area contributed by atoms with Gasteiger partial charge in [0, 0.05) is 29.8 Å². The maximum absolute atomic E-state index is 14.8. The van der Waals surface area contributed by atoms with E-state index in [0.717, 1.165) is 5.56 Å². The number of hydrogen-bond donors (Lipinski definition) is 1. The Hall–Kier alpha value is -3.13. The molecule has 1 aliphatic rings. The summed E-state index contributed by atoms with van der Waals surface area (Å²) in [6.45, 7) is 1.71. The highest BCUT2D eigenvalue weighted by molar-refractivity contribution is 7.98. The van der Waals surface area contributed by atoms with Crippen LogP contribution in [0.3, 0.4) is 0 Å². The molecule has 6 nitrogen and oxygen atoms in total. The molecule has 1 aromatic heterocycles. The summed E-state index contributed by atoms with van der Waals surface area (Å²) >= 11 is 0. The Kier molecular flexibility index (Phi) is 4.46. The van der Waals surface area contributed by atoms with Gasteiger partial charge in [0.1, 0.15) is 17.1 Å². The molecule has 1 unspecified atom stereocenters. The normalized spacial score (nSPS) is 24.4. The van der Waals surface area contributed by atoms with Crippen molar-refractivity contribution in [2.45, 2.75) is 12.5 Å². The number of benzene rings is 2. The first-order valence-corrected chi connectivity index (χ1v) is 10.8. The minimum Gasteiger partial charge on any atom is -0.369 e. The van der Waals surface area contributed by atoms with E-state index < -0.39 is 21.1 Å². The molecule has 0 fully saturated rings. The van der Waals surface area contributed by atoms with Crippen molar-refractivity contribution < 1.29 is 13.1 Å². The Morgan fingerprint density at radius 1 is 1.21 bits per heavy atom. The number of nitrogens with two attached hydrogens (primary N) is 1. The number of hydrogen-bond acceptors (Lipinski definition) is 5. The van der Waals surface area contributed by atoms with Gasteiger partial charge in [0.25, 0.3) is 0 Å². The van der Waals surface area contributed by atoms with Crippen LogP contribution in [0.2, 0.25) is 0 Å². The second kappa shape index (κ2) is 6.73. The molecule has 0 aliphatic carbocycles. The van der Waals surface area contributed by atoms with Gasteiger partial charge in [-0.3, -0.25) is 4.31 Å². The van der Waals surface area contributed by atoms with Crippen LogP contribution in [-0.2, 0) is 15.2 Å². The first-order chi connectivity index (χ1) is 13.7. The summed E-state index contributed by atoms with van der Waals surface area (Å²) in [7, 11) is -1.15. The second-order valence-electron chi connectivity index (χ2n) is 7.30. The fraction of sp³-hybridized carbons (Fsp3) is 0.190. The zero-order valence-electron chi connectivity index (χ0n) is 16.1. The summed E-state index contributed by atoms with van der Waals surface area (Å²) < 4.78 is 34.5. The predicted molar refractivity (Wildman–Crippen MR) is 114 cm³/mol. The summed E-state index contributed by atoms with van der Waals surface area (Å²) in [6, 6.07) is 16.0. The Morgan fingerprint density at radius 2 is 1.93 bits per heavy atom. The Bertz CT molecular complexity index is 1200. The highest BCUT2D eigenvalue weighted by Gasteiger charge is 2.38. The molecule has 2 aromatic carbocycles. The van der Waals surface area contributed by atoms with Crippen molar-refractivity contribution in [2.24, 2.45) is 10.7 Å². The van der Waals surface area contributed by atoms with Crippen LogP contribution in [0, 0.1) is 5.82 Å². The van der Waals surface area contributed by atoms with Crippen LogP contribution in [0.25, 0.3) is 22.6 Å². The molecule has 0 saturated heterocycles. The van der Waals surface area contributed by atoms with Crippen LogP contribution in [-0.4, -0.2) is 38.3 Å². The highest BCUT2D eigenvalue weighted by atomic mass is 32.2. The van der Waals surface area contributed by atoms with Crippen molar-refractivity contribution in [2.75, 3.05) is 12.8 Å². The van der Waals surface area contributed by atoms with Gasteiger partial charge in [-0.25, -0.2) is 13.6 Å². The number of rotatable bonds is 3. The lowest BCUT2D eigenvalue weighted by Gasteiger charge is -2.37. The van der Waals surface area contributed by atoms with Gasteiger partial charge < -0.3 is 10.3 Å². The molecule has 0 saturated carbocycles. The van der Waals surface area contributed by atoms with Gasteiger partial charge in [0.15, 0.2) is 5.76 Å². The number of aliphatic imine (C=N–C) groups is 1. The molecule has 0 spiro atoms. The minimum absolute atomic E-state index is 0.0473. The third-order valence-electron chi connectivity index (χ3n) is 5.10. The monoisotopic (exact) mass is 412 g/mol. The molecule has 1 aliphatic heterocycles. The summed E-state index contributed by atoms with van der Waals surface area (Å²) in [4.78, 5) is 4.43. The Labute approximate surface area is 169 Å². The number of guanidine groups is 1. The molecule has 2 heterocycles. The van der Waals surface area contributed by atoms with Crippen LogP contribution in [0.5, 0.6) is 0 Å². The van der Waals surface area contributed by atoms with E-state index in [4.69, 9.17) is 10.3 Å². The van der Waals surface area contributed by atoms with Crippen LogP contribution in [0.1, 0.15) is 12.5 Å². The van der Waals surface area contributed by atoms with Crippen LogP contribution in [0.15, 0.2) is 64.1 Å². The van der Waals surface area contributed by atoms with E-state index in [-0.39, 0.29) is 17.3 Å². The van der Waals surface area contributed by atoms with Gasteiger partial charge in [-0.2, -0.15) is 0 Å². The van der Waals surface area contributed by atoms with E-state index >= 15 is 0 Å². The molecule has 0 radical (unpaired) electrons. The SMILES string of the molecule is C=S1(=O)C[C@@](C)(c2cc(-c3cc(-c4ccccc4)on3)ccc2F)N=C(N)N1C. The smallest absolute Gasteiger partial charge is 0.203 e. The van der Waals surface area contributed by atoms with Crippen molar-refractivity contribution in [1.82, 2.24) is 9.46 Å². The standard InChI is InChI=1S/C21H21FN4O2S/c1-21(13-29(3,27)26(2)20(23)24-21)16-11-15(9-10-17(16)22)18-12-19(28-25-18)14-7-5-4-6-8-14/h4-12H,3,13H2,1-2H3,(H2,23,24)/t21-,29?/m0/s1. The zero-order valence-corrected chi connectivity index (χ0v) is 16.9. The quantitative estimate of drug-likeness (QED) is 0.669. The summed E-state index contributed by atoms with van der Waals surface area (Å²) in [6.07, 6.45) is 0. The lowest BCUT2D eigenvalue weighted by Crippen LogP contribution is -2.50. The average Bonchev–Trinajstić information content (AvgIpc) is 3.17. The molecule has 8 heteroatoms. The van der Waals surface area contributed by atoms with E-state index in [1.807, 2.05) is 30.3 Å². The molecule has 0 amide bonds. The van der Waals surface area contributed by atoms with Gasteiger partial charge in [-0.05, 0) is 31.0 Å². The Morgan fingerprint density at radius 3 is 2.62 bits per heavy atom. The van der Waals surface area contributed by atoms with Crippen molar-refractivity contribution >= 4 is 21.5 Å². The van der Waals surface area contributed by atoms with Crippen molar-refractivity contribution in [3.05, 3.63) is 66.0 Å². The van der Waals surface area contributed by atoms with E-state index in [9.17, 15) is 8.60 Å². The van der Waals surface area contributed by atoms with E-state index in [1.54, 1.807) is 32.2 Å². The summed E-state index contributed by atoms with van der Waals surface area (Å²) in [5.41, 5.74) is 7.24. The first kappa shape index (κ1) is 19.2. The van der Waals surface area contributed by atoms with E-state index in [0.29, 0.717) is 17.0 Å². The zero-order chi connectivity index (χ0) is 20.8. The number of aromatic nitrogens is 1.